The van der Waals surface area contributed by atoms with Crippen LogP contribution in [0.5, 0.6) is 0 Å². The molecule has 1 N–H and O–H groups in total. The van der Waals surface area contributed by atoms with Crippen LogP contribution in [0.3, 0.4) is 0 Å². The van der Waals surface area contributed by atoms with E-state index in [0.717, 1.165) is 12.8 Å². The molecule has 2 rings (SSSR count). The summed E-state index contributed by atoms with van der Waals surface area (Å²) in [5, 5.41) is 4.11. The molecule has 0 aromatic carbocycles. The molecule has 0 aliphatic heterocycles. The van der Waals surface area contributed by atoms with Gasteiger partial charge in [-0.05, 0) is 18.8 Å². The second-order valence-corrected chi connectivity index (χ2v) is 6.91. The Bertz CT molecular complexity index is 489. The molecule has 1 aromatic heterocycles. The highest BCUT2D eigenvalue weighted by molar-refractivity contribution is 7.89. The van der Waals surface area contributed by atoms with Crippen LogP contribution < -0.4 is 4.72 Å². The van der Waals surface area contributed by atoms with Crippen LogP contribution in [0.2, 0.25) is 5.02 Å². The first-order valence-electron chi connectivity index (χ1n) is 5.21. The minimum atomic E-state index is -3.59. The molecule has 1 heterocycles. The lowest BCUT2D eigenvalue weighted by molar-refractivity contribution is 0.323. The zero-order valence-electron chi connectivity index (χ0n) is 9.23. The molecule has 0 bridgehead atoms. The molecule has 1 aromatic rings. The number of hydrogen-bond donors (Lipinski definition) is 1. The topological polar surface area (TPSA) is 64.0 Å². The molecular weight excluding hydrogens is 285 g/mol. The fraction of sp³-hybridized carbons (Fsp3) is 0.667. The van der Waals surface area contributed by atoms with Gasteiger partial charge in [0.05, 0.1) is 11.2 Å². The molecule has 0 atom stereocenters. The van der Waals surface area contributed by atoms with E-state index in [0.29, 0.717) is 12.5 Å². The summed E-state index contributed by atoms with van der Waals surface area (Å²) in [6, 6.07) is 0. The van der Waals surface area contributed by atoms with Crippen molar-refractivity contribution in [2.75, 3.05) is 6.54 Å². The van der Waals surface area contributed by atoms with Gasteiger partial charge in [0.25, 0.3) is 10.0 Å². The van der Waals surface area contributed by atoms with E-state index in [1.54, 1.807) is 7.05 Å². The van der Waals surface area contributed by atoms with Gasteiger partial charge < -0.3 is 0 Å². The molecule has 8 heteroatoms. The first-order chi connectivity index (χ1) is 7.90. The smallest absolute Gasteiger partial charge is 0.255 e. The summed E-state index contributed by atoms with van der Waals surface area (Å²) in [4.78, 5) is 0. The van der Waals surface area contributed by atoms with Gasteiger partial charge >= 0.3 is 0 Å². The summed E-state index contributed by atoms with van der Waals surface area (Å²) in [6.45, 7) is 0.396. The Hall–Kier alpha value is -0.300. The van der Waals surface area contributed by atoms with E-state index in [1.807, 2.05) is 0 Å². The number of hydrogen-bond acceptors (Lipinski definition) is 3. The Labute approximate surface area is 110 Å². The van der Waals surface area contributed by atoms with E-state index in [-0.39, 0.29) is 15.4 Å². The fourth-order valence-electron chi connectivity index (χ4n) is 1.82. The quantitative estimate of drug-likeness (QED) is 0.854. The Kier molecular flexibility index (Phi) is 3.68. The van der Waals surface area contributed by atoms with Crippen molar-refractivity contribution in [3.63, 3.8) is 0 Å². The Morgan fingerprint density at radius 2 is 2.24 bits per heavy atom. The minimum absolute atomic E-state index is 0.000846. The van der Waals surface area contributed by atoms with Crippen LogP contribution in [0.4, 0.5) is 0 Å². The van der Waals surface area contributed by atoms with Gasteiger partial charge in [-0.1, -0.05) is 11.6 Å². The van der Waals surface area contributed by atoms with Crippen molar-refractivity contribution in [2.45, 2.75) is 23.2 Å². The van der Waals surface area contributed by atoms with E-state index in [1.165, 1.54) is 10.9 Å². The number of nitrogens with one attached hydrogen (secondary N) is 1. The molecule has 1 saturated carbocycles. The zero-order valence-corrected chi connectivity index (χ0v) is 11.6. The third kappa shape index (κ3) is 2.76. The van der Waals surface area contributed by atoms with Crippen LogP contribution in [-0.2, 0) is 17.1 Å². The highest BCUT2D eigenvalue weighted by Gasteiger charge is 2.30. The minimum Gasteiger partial charge on any atom is -0.255 e. The number of halogens is 2. The molecule has 0 spiro atoms. The van der Waals surface area contributed by atoms with Gasteiger partial charge in [-0.3, -0.25) is 4.68 Å². The molecule has 1 aliphatic carbocycles. The van der Waals surface area contributed by atoms with Crippen molar-refractivity contribution < 1.29 is 8.42 Å². The van der Waals surface area contributed by atoms with E-state index in [4.69, 9.17) is 23.2 Å². The SMILES string of the molecule is Cn1ncc(Cl)c1S(=O)(=O)NCC1CC(Cl)C1. The fourth-order valence-corrected chi connectivity index (χ4v) is 4.09. The lowest BCUT2D eigenvalue weighted by Crippen LogP contribution is -2.37. The Morgan fingerprint density at radius 1 is 1.59 bits per heavy atom. The maximum absolute atomic E-state index is 12.0. The predicted octanol–water partition coefficient (Wildman–Crippen LogP) is 1.37. The number of alkyl halides is 1. The summed E-state index contributed by atoms with van der Waals surface area (Å²) in [5.74, 6) is 0.319. The lowest BCUT2D eigenvalue weighted by atomic mass is 9.85. The van der Waals surface area contributed by atoms with Crippen LogP contribution in [0.1, 0.15) is 12.8 Å². The van der Waals surface area contributed by atoms with Gasteiger partial charge in [0, 0.05) is 19.0 Å². The van der Waals surface area contributed by atoms with Gasteiger partial charge in [0.2, 0.25) is 0 Å². The molecule has 0 unspecified atom stereocenters. The first kappa shape index (κ1) is 13.1. The van der Waals surface area contributed by atoms with Crippen molar-refractivity contribution in [3.8, 4) is 0 Å². The van der Waals surface area contributed by atoms with E-state index < -0.39 is 10.0 Å². The summed E-state index contributed by atoms with van der Waals surface area (Å²) in [5.41, 5.74) is 0. The van der Waals surface area contributed by atoms with Crippen LogP contribution in [0.15, 0.2) is 11.2 Å². The van der Waals surface area contributed by atoms with Crippen molar-refractivity contribution in [1.29, 1.82) is 0 Å². The number of aromatic nitrogens is 2. The molecule has 96 valence electrons. The van der Waals surface area contributed by atoms with Crippen molar-refractivity contribution >= 4 is 33.2 Å². The summed E-state index contributed by atoms with van der Waals surface area (Å²) >= 11 is 11.6. The maximum Gasteiger partial charge on any atom is 0.259 e. The largest absolute Gasteiger partial charge is 0.259 e. The van der Waals surface area contributed by atoms with Crippen LogP contribution >= 0.6 is 23.2 Å². The monoisotopic (exact) mass is 297 g/mol. The summed E-state index contributed by atoms with van der Waals surface area (Å²) < 4.78 is 27.7. The zero-order chi connectivity index (χ0) is 12.6. The van der Waals surface area contributed by atoms with Crippen molar-refractivity contribution in [3.05, 3.63) is 11.2 Å². The number of nitrogens with zero attached hydrogens (tertiary/aromatic N) is 2. The predicted molar refractivity (Wildman–Crippen MR) is 65.8 cm³/mol. The second kappa shape index (κ2) is 4.76. The van der Waals surface area contributed by atoms with E-state index >= 15 is 0 Å². The molecule has 17 heavy (non-hydrogen) atoms. The maximum atomic E-state index is 12.0. The normalized spacial score (nSPS) is 24.6. The number of rotatable bonds is 4. The molecule has 0 radical (unpaired) electrons. The molecule has 0 amide bonds. The van der Waals surface area contributed by atoms with Gasteiger partial charge in [-0.25, -0.2) is 13.1 Å². The van der Waals surface area contributed by atoms with E-state index in [9.17, 15) is 8.42 Å². The summed E-state index contributed by atoms with van der Waals surface area (Å²) in [6.07, 6.45) is 3.01. The lowest BCUT2D eigenvalue weighted by Gasteiger charge is -2.30. The summed E-state index contributed by atoms with van der Waals surface area (Å²) in [7, 11) is -2.05. The first-order valence-corrected chi connectivity index (χ1v) is 7.51. The molecular formula is C9H13Cl2N3O2S. The molecule has 5 nitrogen and oxygen atoms in total. The standard InChI is InChI=1S/C9H13Cl2N3O2S/c1-14-9(8(11)5-12-14)17(15,16)13-4-6-2-7(10)3-6/h5-7,13H,2-4H2,1H3. The highest BCUT2D eigenvalue weighted by Crippen LogP contribution is 2.31. The molecule has 0 saturated heterocycles. The average Bonchev–Trinajstić information content (AvgIpc) is 2.52. The van der Waals surface area contributed by atoms with Gasteiger partial charge in [-0.15, -0.1) is 11.6 Å². The Balaban J connectivity index is 2.04. The number of aryl methyl sites for hydroxylation is 1. The third-order valence-electron chi connectivity index (χ3n) is 2.84. The van der Waals surface area contributed by atoms with Gasteiger partial charge in [-0.2, -0.15) is 5.10 Å². The molecule has 1 aliphatic rings. The second-order valence-electron chi connectivity index (χ2n) is 4.21. The van der Waals surface area contributed by atoms with Gasteiger partial charge in [0.15, 0.2) is 5.03 Å². The molecule has 1 fully saturated rings. The van der Waals surface area contributed by atoms with Crippen LogP contribution in [0.25, 0.3) is 0 Å². The van der Waals surface area contributed by atoms with Crippen LogP contribution in [-0.4, -0.2) is 30.1 Å². The van der Waals surface area contributed by atoms with Crippen LogP contribution in [0, 0.1) is 5.92 Å². The van der Waals surface area contributed by atoms with E-state index in [2.05, 4.69) is 9.82 Å². The highest BCUT2D eigenvalue weighted by atomic mass is 35.5. The Morgan fingerprint density at radius 3 is 2.71 bits per heavy atom. The van der Waals surface area contributed by atoms with Crippen molar-refractivity contribution in [2.24, 2.45) is 13.0 Å². The average molecular weight is 298 g/mol. The number of sulfonamides is 1. The van der Waals surface area contributed by atoms with Gasteiger partial charge in [0.1, 0.15) is 0 Å². The third-order valence-corrected chi connectivity index (χ3v) is 5.12. The van der Waals surface area contributed by atoms with Crippen molar-refractivity contribution in [1.82, 2.24) is 14.5 Å².